The molecule has 0 heterocycles. The first kappa shape index (κ1) is 10.9. The first-order valence-corrected chi connectivity index (χ1v) is 4.39. The third-order valence-electron chi connectivity index (χ3n) is 2.23. The molecule has 0 rings (SSSR count). The van der Waals surface area contributed by atoms with Gasteiger partial charge in [-0.1, -0.05) is 0 Å². The Hall–Kier alpha value is -0.0800. The number of likely N-dealkylation sites (N-methyl/N-ethyl adjacent to an activating group) is 2. The van der Waals surface area contributed by atoms with Crippen LogP contribution in [-0.2, 0) is 0 Å². The summed E-state index contributed by atoms with van der Waals surface area (Å²) in [6, 6.07) is 0. The quantitative estimate of drug-likeness (QED) is 0.533. The summed E-state index contributed by atoms with van der Waals surface area (Å²) >= 11 is 0. The van der Waals surface area contributed by atoms with Gasteiger partial charge >= 0.3 is 0 Å². The van der Waals surface area contributed by atoms with Crippen molar-refractivity contribution in [3.8, 4) is 0 Å². The second-order valence-electron chi connectivity index (χ2n) is 4.99. The molecule has 0 bridgehead atoms. The molecule has 0 saturated carbocycles. The number of nitrogens with zero attached hydrogens (tertiary/aromatic N) is 2. The summed E-state index contributed by atoms with van der Waals surface area (Å²) in [5, 5.41) is 0. The zero-order valence-electron chi connectivity index (χ0n) is 9.02. The molecule has 0 atom stereocenters. The van der Waals surface area contributed by atoms with E-state index >= 15 is 0 Å². The Balaban J connectivity index is 3.70. The number of rotatable bonds is 4. The molecular weight excluding hydrogens is 136 g/mol. The normalized spacial score (nSPS) is 13.6. The Labute approximate surface area is 71.6 Å². The van der Waals surface area contributed by atoms with Gasteiger partial charge < -0.3 is 8.97 Å². The molecule has 0 saturated heterocycles. The van der Waals surface area contributed by atoms with E-state index in [9.17, 15) is 0 Å². The average Bonchev–Trinajstić information content (AvgIpc) is 1.83. The predicted molar refractivity (Wildman–Crippen MR) is 50.4 cm³/mol. The van der Waals surface area contributed by atoms with E-state index in [0.717, 1.165) is 8.97 Å². The van der Waals surface area contributed by atoms with E-state index in [-0.39, 0.29) is 0 Å². The lowest BCUT2D eigenvalue weighted by atomic mass is 10.4. The lowest BCUT2D eigenvalue weighted by Gasteiger charge is -2.32. The minimum absolute atomic E-state index is 1.07. The van der Waals surface area contributed by atoms with E-state index in [0.29, 0.717) is 0 Å². The van der Waals surface area contributed by atoms with Gasteiger partial charge in [0.15, 0.2) is 0 Å². The third kappa shape index (κ3) is 6.32. The summed E-state index contributed by atoms with van der Waals surface area (Å²) < 4.78 is 2.21. The minimum Gasteiger partial charge on any atom is -0.326 e. The Morgan fingerprint density at radius 2 is 1.27 bits per heavy atom. The van der Waals surface area contributed by atoms with Gasteiger partial charge in [-0.15, -0.1) is 0 Å². The van der Waals surface area contributed by atoms with Gasteiger partial charge in [-0.2, -0.15) is 0 Å². The molecule has 0 N–H and O–H groups in total. The summed E-state index contributed by atoms with van der Waals surface area (Å²) in [4.78, 5) is 0. The van der Waals surface area contributed by atoms with Crippen LogP contribution in [-0.4, -0.2) is 63.8 Å². The van der Waals surface area contributed by atoms with Crippen molar-refractivity contribution in [3.63, 3.8) is 0 Å². The predicted octanol–water partition coefficient (Wildman–Crippen LogP) is 0.789. The van der Waals surface area contributed by atoms with Crippen molar-refractivity contribution in [1.82, 2.24) is 0 Å². The molecule has 0 amide bonds. The molecule has 11 heavy (non-hydrogen) atoms. The molecule has 0 aromatic heterocycles. The Bertz CT molecular complexity index is 111. The molecule has 0 spiro atoms. The third-order valence-corrected chi connectivity index (χ3v) is 2.23. The van der Waals surface area contributed by atoms with Crippen LogP contribution in [0.15, 0.2) is 0 Å². The van der Waals surface area contributed by atoms with E-state index in [1.165, 1.54) is 19.6 Å². The van der Waals surface area contributed by atoms with Gasteiger partial charge in [-0.3, -0.25) is 0 Å². The van der Waals surface area contributed by atoms with Crippen molar-refractivity contribution < 1.29 is 8.97 Å². The van der Waals surface area contributed by atoms with Crippen molar-refractivity contribution in [2.45, 2.75) is 6.92 Å². The molecule has 0 aliphatic rings. The lowest BCUT2D eigenvalue weighted by Crippen LogP contribution is -2.48. The number of hydrogen-bond acceptors (Lipinski definition) is 0. The number of quaternary nitrogens is 2. The van der Waals surface area contributed by atoms with Crippen LogP contribution in [0.25, 0.3) is 0 Å². The molecule has 0 unspecified atom stereocenters. The molecule has 0 radical (unpaired) electrons. The fourth-order valence-corrected chi connectivity index (χ4v) is 0.729. The van der Waals surface area contributed by atoms with Gasteiger partial charge in [0.2, 0.25) is 0 Å². The zero-order chi connectivity index (χ0) is 9.12. The standard InChI is InChI=1S/C9H24N2/c1-7-11(5,6)9-8-10(2,3)4/h7-9H2,1-6H3/q+2. The Kier molecular flexibility index (Phi) is 3.52. The molecule has 0 aliphatic carbocycles. The first-order valence-electron chi connectivity index (χ1n) is 4.39. The topological polar surface area (TPSA) is 0 Å². The smallest absolute Gasteiger partial charge is 0.128 e. The van der Waals surface area contributed by atoms with Gasteiger partial charge in [0, 0.05) is 0 Å². The lowest BCUT2D eigenvalue weighted by molar-refractivity contribution is -0.936. The van der Waals surface area contributed by atoms with Crippen LogP contribution in [0.1, 0.15) is 6.92 Å². The highest BCUT2D eigenvalue weighted by molar-refractivity contribution is 4.30. The molecular formula is C9H24N2+2. The highest BCUT2D eigenvalue weighted by Crippen LogP contribution is 1.98. The molecule has 2 heteroatoms. The summed E-state index contributed by atoms with van der Waals surface area (Å²) in [7, 11) is 11.3. The molecule has 2 nitrogen and oxygen atoms in total. The van der Waals surface area contributed by atoms with Crippen LogP contribution in [0, 0.1) is 0 Å². The van der Waals surface area contributed by atoms with Crippen molar-refractivity contribution in [3.05, 3.63) is 0 Å². The Morgan fingerprint density at radius 1 is 0.818 bits per heavy atom. The molecule has 0 aromatic carbocycles. The molecule has 0 aromatic rings. The van der Waals surface area contributed by atoms with Gasteiger partial charge in [0.05, 0.1) is 41.8 Å². The van der Waals surface area contributed by atoms with E-state index in [4.69, 9.17) is 0 Å². The van der Waals surface area contributed by atoms with Crippen LogP contribution in [0.3, 0.4) is 0 Å². The van der Waals surface area contributed by atoms with Crippen LogP contribution >= 0.6 is 0 Å². The van der Waals surface area contributed by atoms with Crippen LogP contribution < -0.4 is 0 Å². The average molecular weight is 160 g/mol. The number of hydrogen-bond donors (Lipinski definition) is 0. The van der Waals surface area contributed by atoms with Crippen molar-refractivity contribution in [2.24, 2.45) is 0 Å². The van der Waals surface area contributed by atoms with Crippen LogP contribution in [0.5, 0.6) is 0 Å². The van der Waals surface area contributed by atoms with E-state index in [1.54, 1.807) is 0 Å². The summed E-state index contributed by atoms with van der Waals surface area (Å²) in [5.41, 5.74) is 0. The fourth-order valence-electron chi connectivity index (χ4n) is 0.729. The Morgan fingerprint density at radius 3 is 1.55 bits per heavy atom. The monoisotopic (exact) mass is 160 g/mol. The van der Waals surface area contributed by atoms with Gasteiger partial charge in [0.1, 0.15) is 13.1 Å². The summed E-state index contributed by atoms with van der Waals surface area (Å²) in [5.74, 6) is 0. The first-order chi connectivity index (χ1) is 4.77. The molecule has 68 valence electrons. The highest BCUT2D eigenvalue weighted by atomic mass is 15.4. The molecule has 0 fully saturated rings. The fraction of sp³-hybridized carbons (Fsp3) is 1.00. The second kappa shape index (κ2) is 3.55. The maximum atomic E-state index is 2.29. The van der Waals surface area contributed by atoms with Gasteiger partial charge in [-0.25, -0.2) is 0 Å². The van der Waals surface area contributed by atoms with Crippen LogP contribution in [0.4, 0.5) is 0 Å². The van der Waals surface area contributed by atoms with Crippen molar-refractivity contribution >= 4 is 0 Å². The van der Waals surface area contributed by atoms with Crippen LogP contribution in [0.2, 0.25) is 0 Å². The van der Waals surface area contributed by atoms with Gasteiger partial charge in [0.25, 0.3) is 0 Å². The second-order valence-corrected chi connectivity index (χ2v) is 4.99. The molecule has 0 aliphatic heterocycles. The highest BCUT2D eigenvalue weighted by Gasteiger charge is 2.16. The summed E-state index contributed by atoms with van der Waals surface area (Å²) in [6.07, 6.45) is 0. The van der Waals surface area contributed by atoms with Crippen molar-refractivity contribution in [2.75, 3.05) is 54.9 Å². The van der Waals surface area contributed by atoms with E-state index in [2.05, 4.69) is 42.2 Å². The van der Waals surface area contributed by atoms with Gasteiger partial charge in [-0.05, 0) is 6.92 Å². The van der Waals surface area contributed by atoms with E-state index in [1.807, 2.05) is 0 Å². The van der Waals surface area contributed by atoms with E-state index < -0.39 is 0 Å². The largest absolute Gasteiger partial charge is 0.326 e. The zero-order valence-corrected chi connectivity index (χ0v) is 9.02. The maximum absolute atomic E-state index is 2.29. The van der Waals surface area contributed by atoms with Crippen molar-refractivity contribution in [1.29, 1.82) is 0 Å². The SMILES string of the molecule is CC[N+](C)(C)CC[N+](C)(C)C. The summed E-state index contributed by atoms with van der Waals surface area (Å²) in [6.45, 7) is 5.98. The maximum Gasteiger partial charge on any atom is 0.128 e. The minimum atomic E-state index is 1.07.